The number of esters is 1. The monoisotopic (exact) mass is 193 g/mol. The Hall–Kier alpha value is -0.970. The summed E-state index contributed by atoms with van der Waals surface area (Å²) in [5, 5.41) is 2.77. The summed E-state index contributed by atoms with van der Waals surface area (Å²) in [6, 6.07) is 0. The topological polar surface area (TPSA) is 76.7 Å². The third kappa shape index (κ3) is 2.58. The molecule has 70 valence electrons. The molecule has 1 aliphatic heterocycles. The molecule has 0 aromatic heterocycles. The molecule has 0 radical (unpaired) electrons. The molecule has 0 aliphatic carbocycles. The molecule has 0 aromatic carbocycles. The average Bonchev–Trinajstić information content (AvgIpc) is 2.05. The second-order valence-electron chi connectivity index (χ2n) is 2.33. The second kappa shape index (κ2) is 4.82. The first kappa shape index (κ1) is 11.0. The first-order valence-corrected chi connectivity index (χ1v) is 3.35. The largest absolute Gasteiger partial charge is 0.469 e. The van der Waals surface area contributed by atoms with Crippen molar-refractivity contribution >= 4 is 24.3 Å². The molecule has 1 heterocycles. The molecule has 12 heavy (non-hydrogen) atoms. The minimum Gasteiger partial charge on any atom is -0.469 e. The van der Waals surface area contributed by atoms with Gasteiger partial charge in [-0.2, -0.15) is 0 Å². The van der Waals surface area contributed by atoms with Crippen molar-refractivity contribution in [1.82, 2.24) is 5.32 Å². The van der Waals surface area contributed by atoms with E-state index in [2.05, 4.69) is 15.0 Å². The van der Waals surface area contributed by atoms with E-state index in [1.807, 2.05) is 0 Å². The Morgan fingerprint density at radius 3 is 2.92 bits per heavy atom. The van der Waals surface area contributed by atoms with Gasteiger partial charge in [-0.1, -0.05) is 0 Å². The molecule has 0 fully saturated rings. The fourth-order valence-corrected chi connectivity index (χ4v) is 0.881. The molecule has 1 aliphatic rings. The Balaban J connectivity index is 0.00000121. The second-order valence-corrected chi connectivity index (χ2v) is 2.33. The maximum absolute atomic E-state index is 10.9. The van der Waals surface area contributed by atoms with Gasteiger partial charge in [0.25, 0.3) is 0 Å². The molecule has 1 atom stereocenters. The van der Waals surface area contributed by atoms with Crippen LogP contribution >= 0.6 is 12.4 Å². The third-order valence-corrected chi connectivity index (χ3v) is 1.55. The van der Waals surface area contributed by atoms with Crippen LogP contribution in [0.15, 0.2) is 4.99 Å². The van der Waals surface area contributed by atoms with Crippen LogP contribution in [0.3, 0.4) is 0 Å². The van der Waals surface area contributed by atoms with Crippen LogP contribution in [-0.2, 0) is 9.53 Å². The highest BCUT2D eigenvalue weighted by atomic mass is 35.5. The van der Waals surface area contributed by atoms with E-state index >= 15 is 0 Å². The van der Waals surface area contributed by atoms with Gasteiger partial charge in [0.2, 0.25) is 0 Å². The molecule has 0 aromatic rings. The predicted octanol–water partition coefficient (Wildman–Crippen LogP) is -0.885. The number of hydrogen-bond donors (Lipinski definition) is 2. The highest BCUT2D eigenvalue weighted by Gasteiger charge is 2.21. The first-order valence-electron chi connectivity index (χ1n) is 3.35. The zero-order valence-corrected chi connectivity index (χ0v) is 7.56. The summed E-state index contributed by atoms with van der Waals surface area (Å²) < 4.78 is 4.54. The van der Waals surface area contributed by atoms with E-state index in [1.165, 1.54) is 7.11 Å². The molecule has 6 heteroatoms. The van der Waals surface area contributed by atoms with E-state index in [0.29, 0.717) is 19.0 Å². The van der Waals surface area contributed by atoms with Crippen molar-refractivity contribution in [3.05, 3.63) is 0 Å². The smallest absolute Gasteiger partial charge is 0.312 e. The van der Waals surface area contributed by atoms with E-state index in [-0.39, 0.29) is 24.3 Å². The number of carbonyl (C=O) groups excluding carboxylic acids is 1. The number of carbonyl (C=O) groups is 1. The van der Waals surface area contributed by atoms with Crippen molar-refractivity contribution in [3.8, 4) is 0 Å². The van der Waals surface area contributed by atoms with E-state index in [4.69, 9.17) is 5.73 Å². The SMILES string of the molecule is COC(=O)C1CN=C(N)NC1.Cl. The standard InChI is InChI=1S/C6H11N3O2.ClH/c1-11-5(10)4-2-8-6(7)9-3-4;/h4H,2-3H2,1H3,(H3,7,8,9);1H. The lowest BCUT2D eigenvalue weighted by Crippen LogP contribution is -2.43. The molecule has 1 unspecified atom stereocenters. The van der Waals surface area contributed by atoms with Crippen LogP contribution in [0, 0.1) is 5.92 Å². The predicted molar refractivity (Wildman–Crippen MR) is 47.2 cm³/mol. The van der Waals surface area contributed by atoms with Gasteiger partial charge < -0.3 is 15.8 Å². The Bertz CT molecular complexity index is 195. The molecule has 5 nitrogen and oxygen atoms in total. The van der Waals surface area contributed by atoms with Crippen LogP contribution < -0.4 is 11.1 Å². The number of rotatable bonds is 1. The Labute approximate surface area is 76.8 Å². The molecular weight excluding hydrogens is 182 g/mol. The van der Waals surface area contributed by atoms with Gasteiger partial charge in [-0.05, 0) is 0 Å². The lowest BCUT2D eigenvalue weighted by Gasteiger charge is -2.18. The molecule has 0 spiro atoms. The number of ether oxygens (including phenoxy) is 1. The van der Waals surface area contributed by atoms with E-state index in [1.54, 1.807) is 0 Å². The number of nitrogens with two attached hydrogens (primary N) is 1. The first-order chi connectivity index (χ1) is 5.24. The van der Waals surface area contributed by atoms with Crippen LogP contribution in [0.25, 0.3) is 0 Å². The summed E-state index contributed by atoms with van der Waals surface area (Å²) in [4.78, 5) is 14.8. The van der Waals surface area contributed by atoms with Crippen LogP contribution in [0.1, 0.15) is 0 Å². The number of aliphatic imine (C=N–C) groups is 1. The summed E-state index contributed by atoms with van der Waals surface area (Å²) in [6.45, 7) is 0.938. The van der Waals surface area contributed by atoms with Gasteiger partial charge in [0.1, 0.15) is 0 Å². The number of hydrogen-bond acceptors (Lipinski definition) is 5. The summed E-state index contributed by atoms with van der Waals surface area (Å²) in [7, 11) is 1.37. The van der Waals surface area contributed by atoms with Crippen molar-refractivity contribution in [1.29, 1.82) is 0 Å². The Morgan fingerprint density at radius 1 is 1.83 bits per heavy atom. The lowest BCUT2D eigenvalue weighted by atomic mass is 10.1. The van der Waals surface area contributed by atoms with E-state index in [9.17, 15) is 4.79 Å². The quantitative estimate of drug-likeness (QED) is 0.530. The van der Waals surface area contributed by atoms with Crippen molar-refractivity contribution in [2.24, 2.45) is 16.6 Å². The maximum atomic E-state index is 10.9. The average molecular weight is 194 g/mol. The van der Waals surface area contributed by atoms with Crippen LogP contribution in [0.4, 0.5) is 0 Å². The molecule has 0 saturated carbocycles. The summed E-state index contributed by atoms with van der Waals surface area (Å²) in [5.74, 6) is -0.0359. The zero-order chi connectivity index (χ0) is 8.27. The molecule has 0 bridgehead atoms. The normalized spacial score (nSPS) is 21.4. The summed E-state index contributed by atoms with van der Waals surface area (Å²) >= 11 is 0. The van der Waals surface area contributed by atoms with Gasteiger partial charge in [-0.25, -0.2) is 0 Å². The van der Waals surface area contributed by atoms with Crippen molar-refractivity contribution in [2.45, 2.75) is 0 Å². The zero-order valence-electron chi connectivity index (χ0n) is 6.74. The van der Waals surface area contributed by atoms with Crippen molar-refractivity contribution < 1.29 is 9.53 Å². The molecule has 3 N–H and O–H groups in total. The van der Waals surface area contributed by atoms with Gasteiger partial charge in [0.05, 0.1) is 19.6 Å². The summed E-state index contributed by atoms with van der Waals surface area (Å²) in [6.07, 6.45) is 0. The molecular formula is C6H12ClN3O2. The van der Waals surface area contributed by atoms with E-state index in [0.717, 1.165) is 0 Å². The minimum atomic E-state index is -0.242. The van der Waals surface area contributed by atoms with Gasteiger partial charge >= 0.3 is 5.97 Å². The molecule has 0 saturated heterocycles. The van der Waals surface area contributed by atoms with Crippen LogP contribution in [0.5, 0.6) is 0 Å². The van der Waals surface area contributed by atoms with Gasteiger partial charge in [0, 0.05) is 6.54 Å². The number of nitrogens with one attached hydrogen (secondary N) is 1. The Kier molecular flexibility index (Phi) is 4.43. The fraction of sp³-hybridized carbons (Fsp3) is 0.667. The van der Waals surface area contributed by atoms with Crippen molar-refractivity contribution in [2.75, 3.05) is 20.2 Å². The van der Waals surface area contributed by atoms with E-state index < -0.39 is 0 Å². The van der Waals surface area contributed by atoms with Gasteiger partial charge in [-0.15, -0.1) is 12.4 Å². The highest BCUT2D eigenvalue weighted by molar-refractivity contribution is 5.85. The van der Waals surface area contributed by atoms with Gasteiger partial charge in [-0.3, -0.25) is 9.79 Å². The van der Waals surface area contributed by atoms with Crippen LogP contribution in [0.2, 0.25) is 0 Å². The van der Waals surface area contributed by atoms with Crippen LogP contribution in [-0.4, -0.2) is 32.1 Å². The number of methoxy groups -OCH3 is 1. The fourth-order valence-electron chi connectivity index (χ4n) is 0.881. The molecule has 0 amide bonds. The lowest BCUT2D eigenvalue weighted by molar-refractivity contribution is -0.144. The Morgan fingerprint density at radius 2 is 2.50 bits per heavy atom. The van der Waals surface area contributed by atoms with Crippen molar-refractivity contribution in [3.63, 3.8) is 0 Å². The number of guanidine groups is 1. The van der Waals surface area contributed by atoms with Gasteiger partial charge in [0.15, 0.2) is 5.96 Å². The maximum Gasteiger partial charge on any atom is 0.312 e. The summed E-state index contributed by atoms with van der Waals surface area (Å²) in [5.41, 5.74) is 5.33. The third-order valence-electron chi connectivity index (χ3n) is 1.55. The molecule has 1 rings (SSSR count). The highest BCUT2D eigenvalue weighted by Crippen LogP contribution is 2.01. The minimum absolute atomic E-state index is 0. The number of nitrogens with zero attached hydrogens (tertiary/aromatic N) is 1. The number of halogens is 1.